The lowest BCUT2D eigenvalue weighted by Gasteiger charge is -2.59. The summed E-state index contributed by atoms with van der Waals surface area (Å²) in [7, 11) is 0. The van der Waals surface area contributed by atoms with Gasteiger partial charge in [-0.2, -0.15) is 4.68 Å². The van der Waals surface area contributed by atoms with Crippen molar-refractivity contribution in [2.75, 3.05) is 0 Å². The van der Waals surface area contributed by atoms with Crippen molar-refractivity contribution in [3.8, 4) is 0 Å². The molecule has 1 N–H and O–H groups in total. The molecule has 4 fully saturated rings. The summed E-state index contributed by atoms with van der Waals surface area (Å²) >= 11 is 0. The number of aryl methyl sites for hydroxylation is 1. The van der Waals surface area contributed by atoms with Crippen LogP contribution in [0, 0.1) is 28.9 Å². The molecule has 1 aromatic rings. The Labute approximate surface area is 116 Å². The van der Waals surface area contributed by atoms with Gasteiger partial charge in [-0.15, -0.1) is 0 Å². The first-order chi connectivity index (χ1) is 9.39. The van der Waals surface area contributed by atoms with Crippen LogP contribution in [-0.2, 0) is 5.54 Å². The molecule has 7 heteroatoms. The van der Waals surface area contributed by atoms with E-state index in [1.807, 2.05) is 0 Å². The number of hydrogen-bond acceptors (Lipinski definition) is 5. The number of nitrogens with zero attached hydrogens (tertiary/aromatic N) is 4. The van der Waals surface area contributed by atoms with Crippen LogP contribution in [0.3, 0.4) is 0 Å². The predicted octanol–water partition coefficient (Wildman–Crippen LogP) is 1.53. The van der Waals surface area contributed by atoms with Gasteiger partial charge in [0.15, 0.2) is 0 Å². The molecular weight excluding hydrogens is 260 g/mol. The Kier molecular flexibility index (Phi) is 2.19. The summed E-state index contributed by atoms with van der Waals surface area (Å²) in [5.74, 6) is 1.29. The Bertz CT molecular complexity index is 582. The van der Waals surface area contributed by atoms with Gasteiger partial charge in [0.05, 0.1) is 11.1 Å². The van der Waals surface area contributed by atoms with Crippen molar-refractivity contribution in [1.82, 2.24) is 14.8 Å². The molecule has 4 bridgehead atoms. The Balaban J connectivity index is 1.79. The second-order valence-electron chi connectivity index (χ2n) is 7.04. The summed E-state index contributed by atoms with van der Waals surface area (Å²) in [6, 6.07) is 0. The summed E-state index contributed by atoms with van der Waals surface area (Å²) in [5, 5.41) is 25.7. The van der Waals surface area contributed by atoms with Gasteiger partial charge in [-0.25, -0.2) is 0 Å². The first kappa shape index (κ1) is 12.3. The Morgan fingerprint density at radius 1 is 1.35 bits per heavy atom. The van der Waals surface area contributed by atoms with Gasteiger partial charge in [-0.3, -0.25) is 0 Å². The minimum atomic E-state index is -0.600. The number of aromatic nitrogens is 3. The third-order valence-electron chi connectivity index (χ3n) is 5.37. The zero-order valence-corrected chi connectivity index (χ0v) is 11.4. The van der Waals surface area contributed by atoms with Crippen LogP contribution in [0.5, 0.6) is 0 Å². The molecule has 4 aliphatic rings. The van der Waals surface area contributed by atoms with Gasteiger partial charge in [0, 0.05) is 18.4 Å². The molecule has 4 saturated carbocycles. The quantitative estimate of drug-likeness (QED) is 0.654. The molecule has 4 atom stereocenters. The Morgan fingerprint density at radius 2 is 2.00 bits per heavy atom. The van der Waals surface area contributed by atoms with Crippen molar-refractivity contribution < 1.29 is 10.0 Å². The van der Waals surface area contributed by atoms with E-state index in [0.29, 0.717) is 24.1 Å². The average Bonchev–Trinajstić information content (AvgIpc) is 2.68. The summed E-state index contributed by atoms with van der Waals surface area (Å²) < 4.78 is 1.74. The maximum atomic E-state index is 10.9. The molecule has 0 radical (unpaired) electrons. The van der Waals surface area contributed by atoms with Gasteiger partial charge in [0.2, 0.25) is 5.82 Å². The van der Waals surface area contributed by atoms with Crippen molar-refractivity contribution in [3.05, 3.63) is 15.9 Å². The fourth-order valence-electron chi connectivity index (χ4n) is 5.32. The van der Waals surface area contributed by atoms with E-state index in [1.54, 1.807) is 11.6 Å². The van der Waals surface area contributed by atoms with Crippen LogP contribution in [0.25, 0.3) is 0 Å². The first-order valence-electron chi connectivity index (χ1n) is 7.20. The highest BCUT2D eigenvalue weighted by atomic mass is 16.6. The fraction of sp³-hybridized carbons (Fsp3) is 0.846. The van der Waals surface area contributed by atoms with Gasteiger partial charge >= 0.3 is 5.95 Å². The molecule has 0 spiro atoms. The zero-order chi connectivity index (χ0) is 14.1. The normalized spacial score (nSPS) is 42.1. The van der Waals surface area contributed by atoms with E-state index in [4.69, 9.17) is 0 Å². The molecule has 0 saturated heterocycles. The van der Waals surface area contributed by atoms with Crippen molar-refractivity contribution in [1.29, 1.82) is 0 Å². The number of rotatable bonds is 2. The van der Waals surface area contributed by atoms with E-state index in [-0.39, 0.29) is 11.5 Å². The molecule has 20 heavy (non-hydrogen) atoms. The lowest BCUT2D eigenvalue weighted by atomic mass is 9.51. The fourth-order valence-corrected chi connectivity index (χ4v) is 5.32. The van der Waals surface area contributed by atoms with Gasteiger partial charge in [0.1, 0.15) is 0 Å². The van der Waals surface area contributed by atoms with E-state index < -0.39 is 10.5 Å². The van der Waals surface area contributed by atoms with Crippen LogP contribution in [0.4, 0.5) is 5.95 Å². The molecule has 1 aromatic heterocycles. The molecule has 0 aliphatic heterocycles. The van der Waals surface area contributed by atoms with Crippen LogP contribution in [0.2, 0.25) is 0 Å². The van der Waals surface area contributed by atoms with Crippen molar-refractivity contribution in [3.63, 3.8) is 0 Å². The summed E-state index contributed by atoms with van der Waals surface area (Å²) in [5.41, 5.74) is -0.860. The standard InChI is InChI=1S/C13H18N4O3/c1-8-14-11(17(19)20)15-16(8)12-3-9-2-10(4-12)6-13(18,5-9)7-12/h9-10,18H,2-7H2,1H3/t9-,10+,12?,13?. The maximum absolute atomic E-state index is 10.9. The largest absolute Gasteiger partial charge is 0.491 e. The lowest BCUT2D eigenvalue weighted by Crippen LogP contribution is -2.60. The van der Waals surface area contributed by atoms with Crippen molar-refractivity contribution in [2.45, 2.75) is 56.6 Å². The molecule has 108 valence electrons. The van der Waals surface area contributed by atoms with E-state index in [1.165, 1.54) is 6.42 Å². The van der Waals surface area contributed by atoms with Gasteiger partial charge in [-0.05, 0) is 53.8 Å². The van der Waals surface area contributed by atoms with Crippen LogP contribution >= 0.6 is 0 Å². The third kappa shape index (κ3) is 1.55. The number of hydrogen-bond donors (Lipinski definition) is 1. The molecule has 1 heterocycles. The van der Waals surface area contributed by atoms with Gasteiger partial charge < -0.3 is 15.2 Å². The van der Waals surface area contributed by atoms with Crippen LogP contribution in [0.15, 0.2) is 0 Å². The van der Waals surface area contributed by atoms with E-state index >= 15 is 0 Å². The minimum Gasteiger partial charge on any atom is -0.390 e. The summed E-state index contributed by atoms with van der Waals surface area (Å²) in [6.07, 6.45) is 5.52. The summed E-state index contributed by atoms with van der Waals surface area (Å²) in [4.78, 5) is 14.3. The molecule has 0 aromatic carbocycles. The second kappa shape index (κ2) is 3.58. The SMILES string of the molecule is Cc1nc([N+](=O)[O-])nn1C12C[C@@H]3C[C@@H](CC(O)(C3)C1)C2. The highest BCUT2D eigenvalue weighted by Crippen LogP contribution is 2.60. The molecule has 0 amide bonds. The third-order valence-corrected chi connectivity index (χ3v) is 5.37. The van der Waals surface area contributed by atoms with E-state index in [2.05, 4.69) is 10.1 Å². The first-order valence-corrected chi connectivity index (χ1v) is 7.20. The average molecular weight is 278 g/mol. The smallest absolute Gasteiger partial charge is 0.390 e. The number of nitro groups is 1. The highest BCUT2D eigenvalue weighted by Gasteiger charge is 2.60. The molecule has 5 rings (SSSR count). The Hall–Kier alpha value is -1.50. The highest BCUT2D eigenvalue weighted by molar-refractivity contribution is 5.14. The molecule has 2 unspecified atom stereocenters. The second-order valence-corrected chi connectivity index (χ2v) is 7.04. The van der Waals surface area contributed by atoms with E-state index in [0.717, 1.165) is 25.7 Å². The lowest BCUT2D eigenvalue weighted by molar-refractivity contribution is -0.394. The van der Waals surface area contributed by atoms with Crippen LogP contribution in [-0.4, -0.2) is 30.4 Å². The van der Waals surface area contributed by atoms with Crippen LogP contribution in [0.1, 0.15) is 44.3 Å². The van der Waals surface area contributed by atoms with Crippen molar-refractivity contribution >= 4 is 5.95 Å². The summed E-state index contributed by atoms with van der Waals surface area (Å²) in [6.45, 7) is 1.77. The molecule has 4 aliphatic carbocycles. The van der Waals surface area contributed by atoms with E-state index in [9.17, 15) is 15.2 Å². The molecular formula is C13H18N4O3. The number of aliphatic hydroxyl groups is 1. The van der Waals surface area contributed by atoms with Crippen LogP contribution < -0.4 is 0 Å². The minimum absolute atomic E-state index is 0.260. The maximum Gasteiger partial charge on any atom is 0.491 e. The topological polar surface area (TPSA) is 94.1 Å². The zero-order valence-electron chi connectivity index (χ0n) is 11.4. The Morgan fingerprint density at radius 3 is 2.50 bits per heavy atom. The van der Waals surface area contributed by atoms with Gasteiger partial charge in [0.25, 0.3) is 0 Å². The van der Waals surface area contributed by atoms with Gasteiger partial charge in [-0.1, -0.05) is 0 Å². The monoisotopic (exact) mass is 278 g/mol. The predicted molar refractivity (Wildman–Crippen MR) is 69.0 cm³/mol. The van der Waals surface area contributed by atoms with Crippen molar-refractivity contribution in [2.24, 2.45) is 11.8 Å². The molecule has 7 nitrogen and oxygen atoms in total.